The third-order valence-corrected chi connectivity index (χ3v) is 3.08. The molecule has 1 aliphatic rings. The first-order valence-corrected chi connectivity index (χ1v) is 6.47. The molecule has 1 aromatic rings. The lowest BCUT2D eigenvalue weighted by Crippen LogP contribution is -2.28. The zero-order chi connectivity index (χ0) is 13.0. The van der Waals surface area contributed by atoms with Crippen molar-refractivity contribution in [2.45, 2.75) is 32.2 Å². The molecule has 4 heteroatoms. The molecule has 18 heavy (non-hydrogen) atoms. The molecule has 1 saturated carbocycles. The summed E-state index contributed by atoms with van der Waals surface area (Å²) >= 11 is 0. The summed E-state index contributed by atoms with van der Waals surface area (Å²) < 4.78 is 5.38. The van der Waals surface area contributed by atoms with E-state index in [0.717, 1.165) is 24.3 Å². The van der Waals surface area contributed by atoms with E-state index in [4.69, 9.17) is 10.5 Å². The molecule has 1 unspecified atom stereocenters. The molecule has 4 nitrogen and oxygen atoms in total. The smallest absolute Gasteiger partial charge is 0.225 e. The minimum absolute atomic E-state index is 0.0000689. The average molecular weight is 248 g/mol. The fraction of sp³-hybridized carbons (Fsp3) is 0.500. The van der Waals surface area contributed by atoms with Crippen LogP contribution >= 0.6 is 0 Å². The molecule has 0 aliphatic heterocycles. The zero-order valence-electron chi connectivity index (χ0n) is 10.7. The molecule has 0 radical (unpaired) electrons. The number of ether oxygens (including phenoxy) is 1. The molecule has 98 valence electrons. The van der Waals surface area contributed by atoms with Crippen molar-refractivity contribution >= 4 is 11.6 Å². The minimum atomic E-state index is -0.0250. The Labute approximate surface area is 108 Å². The molecule has 0 spiro atoms. The van der Waals surface area contributed by atoms with Gasteiger partial charge < -0.3 is 15.8 Å². The van der Waals surface area contributed by atoms with Crippen molar-refractivity contribution in [3.63, 3.8) is 0 Å². The summed E-state index contributed by atoms with van der Waals surface area (Å²) in [6, 6.07) is 7.41. The van der Waals surface area contributed by atoms with Crippen LogP contribution in [-0.4, -0.2) is 18.6 Å². The van der Waals surface area contributed by atoms with Gasteiger partial charge in [-0.15, -0.1) is 0 Å². The molecule has 1 amide bonds. The lowest BCUT2D eigenvalue weighted by molar-refractivity contribution is -0.116. The van der Waals surface area contributed by atoms with Crippen LogP contribution in [0, 0.1) is 5.92 Å². The fourth-order valence-corrected chi connectivity index (χ4v) is 1.95. The second-order valence-electron chi connectivity index (χ2n) is 4.71. The summed E-state index contributed by atoms with van der Waals surface area (Å²) in [5, 5.41) is 2.86. The van der Waals surface area contributed by atoms with Gasteiger partial charge in [-0.1, -0.05) is 6.07 Å². The van der Waals surface area contributed by atoms with Crippen LogP contribution in [0.1, 0.15) is 26.2 Å². The maximum Gasteiger partial charge on any atom is 0.225 e. The van der Waals surface area contributed by atoms with Crippen molar-refractivity contribution in [3.8, 4) is 5.75 Å². The van der Waals surface area contributed by atoms with E-state index in [1.807, 2.05) is 31.2 Å². The van der Waals surface area contributed by atoms with Crippen LogP contribution < -0.4 is 15.8 Å². The number of amides is 1. The highest BCUT2D eigenvalue weighted by atomic mass is 16.5. The highest BCUT2D eigenvalue weighted by molar-refractivity contribution is 5.91. The first-order valence-electron chi connectivity index (χ1n) is 6.47. The van der Waals surface area contributed by atoms with Gasteiger partial charge in [0.1, 0.15) is 5.75 Å². The standard InChI is InChI=1S/C14H20N2O2/c1-2-18-12-5-3-4-11(8-12)16-14(17)9-13(15)10-6-7-10/h3-5,8,10,13H,2,6-7,9,15H2,1H3,(H,16,17). The van der Waals surface area contributed by atoms with E-state index in [9.17, 15) is 4.79 Å². The van der Waals surface area contributed by atoms with Crippen LogP contribution in [0.25, 0.3) is 0 Å². The maximum atomic E-state index is 11.8. The number of rotatable bonds is 6. The lowest BCUT2D eigenvalue weighted by Gasteiger charge is -2.11. The first-order chi connectivity index (χ1) is 8.69. The van der Waals surface area contributed by atoms with E-state index < -0.39 is 0 Å². The molecule has 1 aliphatic carbocycles. The van der Waals surface area contributed by atoms with Crippen molar-refractivity contribution in [2.24, 2.45) is 11.7 Å². The van der Waals surface area contributed by atoms with E-state index in [-0.39, 0.29) is 11.9 Å². The molecule has 0 bridgehead atoms. The summed E-state index contributed by atoms with van der Waals surface area (Å²) in [7, 11) is 0. The van der Waals surface area contributed by atoms with Crippen LogP contribution in [0.15, 0.2) is 24.3 Å². The number of hydrogen-bond donors (Lipinski definition) is 2. The Bertz CT molecular complexity index is 416. The SMILES string of the molecule is CCOc1cccc(NC(=O)CC(N)C2CC2)c1. The molecule has 1 atom stereocenters. The summed E-state index contributed by atoms with van der Waals surface area (Å²) in [6.45, 7) is 2.55. The van der Waals surface area contributed by atoms with Gasteiger partial charge in [-0.25, -0.2) is 0 Å². The molecule has 1 fully saturated rings. The van der Waals surface area contributed by atoms with Gasteiger partial charge in [-0.2, -0.15) is 0 Å². The van der Waals surface area contributed by atoms with Crippen molar-refractivity contribution < 1.29 is 9.53 Å². The summed E-state index contributed by atoms with van der Waals surface area (Å²) in [5.74, 6) is 1.29. The maximum absolute atomic E-state index is 11.8. The second kappa shape index (κ2) is 5.87. The van der Waals surface area contributed by atoms with Gasteiger partial charge in [0, 0.05) is 24.2 Å². The normalized spacial score (nSPS) is 16.1. The van der Waals surface area contributed by atoms with Crippen LogP contribution in [-0.2, 0) is 4.79 Å². The van der Waals surface area contributed by atoms with Crippen LogP contribution in [0.5, 0.6) is 5.75 Å². The molecule has 0 saturated heterocycles. The first kappa shape index (κ1) is 12.9. The Morgan fingerprint density at radius 2 is 2.33 bits per heavy atom. The topological polar surface area (TPSA) is 64.3 Å². The van der Waals surface area contributed by atoms with Gasteiger partial charge >= 0.3 is 0 Å². The van der Waals surface area contributed by atoms with Gasteiger partial charge in [-0.3, -0.25) is 4.79 Å². The Morgan fingerprint density at radius 1 is 1.56 bits per heavy atom. The number of anilines is 1. The number of nitrogens with two attached hydrogens (primary N) is 1. The summed E-state index contributed by atoms with van der Waals surface area (Å²) in [6.07, 6.45) is 2.71. The predicted octanol–water partition coefficient (Wildman–Crippen LogP) is 2.15. The highest BCUT2D eigenvalue weighted by Gasteiger charge is 2.29. The molecule has 0 aromatic heterocycles. The molecular formula is C14H20N2O2. The fourth-order valence-electron chi connectivity index (χ4n) is 1.95. The van der Waals surface area contributed by atoms with Gasteiger partial charge in [0.05, 0.1) is 6.61 Å². The van der Waals surface area contributed by atoms with E-state index in [0.29, 0.717) is 18.9 Å². The third-order valence-electron chi connectivity index (χ3n) is 3.08. The minimum Gasteiger partial charge on any atom is -0.494 e. The number of benzene rings is 1. The Balaban J connectivity index is 1.87. The Morgan fingerprint density at radius 3 is 3.00 bits per heavy atom. The van der Waals surface area contributed by atoms with E-state index in [1.165, 1.54) is 0 Å². The third kappa shape index (κ3) is 3.74. The number of nitrogens with one attached hydrogen (secondary N) is 1. The van der Waals surface area contributed by atoms with Gasteiger partial charge in [0.15, 0.2) is 0 Å². The molecule has 3 N–H and O–H groups in total. The largest absolute Gasteiger partial charge is 0.494 e. The van der Waals surface area contributed by atoms with Crippen molar-refractivity contribution in [2.75, 3.05) is 11.9 Å². The molecule has 1 aromatic carbocycles. The molecule has 2 rings (SSSR count). The number of carbonyl (C=O) groups excluding carboxylic acids is 1. The highest BCUT2D eigenvalue weighted by Crippen LogP contribution is 2.32. The number of hydrogen-bond acceptors (Lipinski definition) is 3. The summed E-state index contributed by atoms with van der Waals surface area (Å²) in [4.78, 5) is 11.8. The van der Waals surface area contributed by atoms with Crippen molar-refractivity contribution in [3.05, 3.63) is 24.3 Å². The van der Waals surface area contributed by atoms with E-state index >= 15 is 0 Å². The summed E-state index contributed by atoms with van der Waals surface area (Å²) in [5.41, 5.74) is 6.68. The van der Waals surface area contributed by atoms with Crippen molar-refractivity contribution in [1.82, 2.24) is 0 Å². The average Bonchev–Trinajstić information content (AvgIpc) is 3.13. The molecule has 0 heterocycles. The van der Waals surface area contributed by atoms with Crippen LogP contribution in [0.3, 0.4) is 0 Å². The Hall–Kier alpha value is -1.55. The number of carbonyl (C=O) groups is 1. The quantitative estimate of drug-likeness (QED) is 0.810. The monoisotopic (exact) mass is 248 g/mol. The van der Waals surface area contributed by atoms with E-state index in [2.05, 4.69) is 5.32 Å². The van der Waals surface area contributed by atoms with Crippen LogP contribution in [0.4, 0.5) is 5.69 Å². The second-order valence-corrected chi connectivity index (χ2v) is 4.71. The Kier molecular flexibility index (Phi) is 4.20. The van der Waals surface area contributed by atoms with E-state index in [1.54, 1.807) is 0 Å². The van der Waals surface area contributed by atoms with Gasteiger partial charge in [0.25, 0.3) is 0 Å². The zero-order valence-corrected chi connectivity index (χ0v) is 10.7. The van der Waals surface area contributed by atoms with Gasteiger partial charge in [-0.05, 0) is 37.8 Å². The van der Waals surface area contributed by atoms with Crippen LogP contribution in [0.2, 0.25) is 0 Å². The van der Waals surface area contributed by atoms with Gasteiger partial charge in [0.2, 0.25) is 5.91 Å². The van der Waals surface area contributed by atoms with Crippen molar-refractivity contribution in [1.29, 1.82) is 0 Å². The molecular weight excluding hydrogens is 228 g/mol. The lowest BCUT2D eigenvalue weighted by atomic mass is 10.1. The predicted molar refractivity (Wildman–Crippen MR) is 71.6 cm³/mol.